The second-order valence-electron chi connectivity index (χ2n) is 4.78. The van der Waals surface area contributed by atoms with E-state index in [1.807, 2.05) is 31.2 Å². The second-order valence-corrected chi connectivity index (χ2v) is 5.21. The van der Waals surface area contributed by atoms with Gasteiger partial charge in [-0.2, -0.15) is 0 Å². The predicted molar refractivity (Wildman–Crippen MR) is 83.0 cm³/mol. The Labute approximate surface area is 126 Å². The second kappa shape index (κ2) is 5.66. The Kier molecular flexibility index (Phi) is 3.71. The minimum absolute atomic E-state index is 0.0543. The number of fused-ring (bicyclic) bond motifs is 1. The molecule has 0 aliphatic heterocycles. The highest BCUT2D eigenvalue weighted by Crippen LogP contribution is 2.26. The van der Waals surface area contributed by atoms with Gasteiger partial charge in [0, 0.05) is 5.02 Å². The minimum Gasteiger partial charge on any atom is -0.363 e. The first-order chi connectivity index (χ1) is 10.1. The predicted octanol–water partition coefficient (Wildman–Crippen LogP) is 4.60. The van der Waals surface area contributed by atoms with E-state index in [4.69, 9.17) is 11.6 Å². The van der Waals surface area contributed by atoms with Gasteiger partial charge in [0.1, 0.15) is 18.0 Å². The van der Waals surface area contributed by atoms with Gasteiger partial charge in [-0.25, -0.2) is 14.4 Å². The van der Waals surface area contributed by atoms with E-state index in [-0.39, 0.29) is 11.9 Å². The van der Waals surface area contributed by atoms with Crippen molar-refractivity contribution in [1.29, 1.82) is 0 Å². The van der Waals surface area contributed by atoms with Gasteiger partial charge in [0.2, 0.25) is 0 Å². The lowest BCUT2D eigenvalue weighted by Gasteiger charge is -2.16. The van der Waals surface area contributed by atoms with Gasteiger partial charge in [-0.3, -0.25) is 0 Å². The molecule has 0 aliphatic rings. The molecule has 0 bridgehead atoms. The maximum Gasteiger partial charge on any atom is 0.140 e. The fourth-order valence-corrected chi connectivity index (χ4v) is 2.44. The Morgan fingerprint density at radius 1 is 1.14 bits per heavy atom. The molecule has 106 valence electrons. The van der Waals surface area contributed by atoms with E-state index in [1.54, 1.807) is 12.1 Å². The number of hydrogen-bond acceptors (Lipinski definition) is 3. The molecule has 1 unspecified atom stereocenters. The van der Waals surface area contributed by atoms with Crippen LogP contribution in [0.25, 0.3) is 10.9 Å². The van der Waals surface area contributed by atoms with Crippen molar-refractivity contribution in [2.75, 3.05) is 5.32 Å². The molecule has 0 saturated carbocycles. The van der Waals surface area contributed by atoms with Crippen molar-refractivity contribution in [2.45, 2.75) is 13.0 Å². The third kappa shape index (κ3) is 2.81. The molecule has 3 rings (SSSR count). The van der Waals surface area contributed by atoms with Gasteiger partial charge in [0.05, 0.1) is 16.9 Å². The zero-order valence-electron chi connectivity index (χ0n) is 11.3. The zero-order chi connectivity index (χ0) is 14.8. The van der Waals surface area contributed by atoms with Gasteiger partial charge in [0.25, 0.3) is 0 Å². The summed E-state index contributed by atoms with van der Waals surface area (Å²) in [6.45, 7) is 1.97. The van der Waals surface area contributed by atoms with Crippen molar-refractivity contribution in [3.8, 4) is 0 Å². The Hall–Kier alpha value is -2.20. The number of benzene rings is 2. The Morgan fingerprint density at radius 2 is 1.95 bits per heavy atom. The summed E-state index contributed by atoms with van der Waals surface area (Å²) in [5, 5.41) is 4.28. The number of nitrogens with zero attached hydrogens (tertiary/aromatic N) is 2. The first-order valence-electron chi connectivity index (χ1n) is 6.56. The van der Waals surface area contributed by atoms with Crippen molar-refractivity contribution in [2.24, 2.45) is 0 Å². The zero-order valence-corrected chi connectivity index (χ0v) is 12.1. The first kappa shape index (κ1) is 13.8. The Balaban J connectivity index is 1.98. The van der Waals surface area contributed by atoms with Crippen LogP contribution >= 0.6 is 11.6 Å². The molecule has 21 heavy (non-hydrogen) atoms. The molecule has 3 nitrogen and oxygen atoms in total. The third-order valence-electron chi connectivity index (χ3n) is 3.31. The maximum atomic E-state index is 14.0. The van der Waals surface area contributed by atoms with Gasteiger partial charge in [-0.05, 0) is 36.8 Å². The SMILES string of the molecule is CC(Nc1ncnc2cccc(F)c12)c1cccc(Cl)c1. The first-order valence-corrected chi connectivity index (χ1v) is 6.94. The summed E-state index contributed by atoms with van der Waals surface area (Å²) >= 11 is 6.00. The molecular formula is C16H13ClFN3. The molecule has 5 heteroatoms. The molecule has 0 fully saturated rings. The van der Waals surface area contributed by atoms with Crippen LogP contribution in [-0.2, 0) is 0 Å². The van der Waals surface area contributed by atoms with Gasteiger partial charge >= 0.3 is 0 Å². The number of rotatable bonds is 3. The molecule has 0 amide bonds. The molecule has 2 aromatic carbocycles. The molecule has 3 aromatic rings. The molecule has 1 N–H and O–H groups in total. The average molecular weight is 302 g/mol. The van der Waals surface area contributed by atoms with Crippen molar-refractivity contribution >= 4 is 28.3 Å². The fraction of sp³-hybridized carbons (Fsp3) is 0.125. The van der Waals surface area contributed by atoms with Crippen LogP contribution in [0.1, 0.15) is 18.5 Å². The number of aromatic nitrogens is 2. The average Bonchev–Trinajstić information content (AvgIpc) is 2.47. The van der Waals surface area contributed by atoms with Crippen LogP contribution in [0.5, 0.6) is 0 Å². The summed E-state index contributed by atoms with van der Waals surface area (Å²) in [5.74, 6) is 0.138. The molecule has 0 saturated heterocycles. The van der Waals surface area contributed by atoms with Crippen molar-refractivity contribution in [1.82, 2.24) is 9.97 Å². The van der Waals surface area contributed by atoms with E-state index < -0.39 is 0 Å². The molecule has 0 aliphatic carbocycles. The van der Waals surface area contributed by atoms with E-state index in [1.165, 1.54) is 12.4 Å². The molecule has 1 aromatic heterocycles. The highest BCUT2D eigenvalue weighted by atomic mass is 35.5. The molecule has 0 spiro atoms. The summed E-state index contributed by atoms with van der Waals surface area (Å²) in [6.07, 6.45) is 1.43. The lowest BCUT2D eigenvalue weighted by molar-refractivity contribution is 0.639. The largest absolute Gasteiger partial charge is 0.363 e. The van der Waals surface area contributed by atoms with E-state index >= 15 is 0 Å². The lowest BCUT2D eigenvalue weighted by Crippen LogP contribution is -2.09. The third-order valence-corrected chi connectivity index (χ3v) is 3.55. The molecule has 1 atom stereocenters. The summed E-state index contributed by atoms with van der Waals surface area (Å²) in [7, 11) is 0. The normalized spacial score (nSPS) is 12.3. The topological polar surface area (TPSA) is 37.8 Å². The van der Waals surface area contributed by atoms with Gasteiger partial charge < -0.3 is 5.32 Å². The Morgan fingerprint density at radius 3 is 2.76 bits per heavy atom. The van der Waals surface area contributed by atoms with Crippen LogP contribution in [0.15, 0.2) is 48.8 Å². The van der Waals surface area contributed by atoms with Gasteiger partial charge in [-0.1, -0.05) is 29.8 Å². The number of halogens is 2. The van der Waals surface area contributed by atoms with Crippen molar-refractivity contribution in [3.05, 3.63) is 65.2 Å². The van der Waals surface area contributed by atoms with Crippen LogP contribution in [0.4, 0.5) is 10.2 Å². The summed E-state index contributed by atoms with van der Waals surface area (Å²) in [6, 6.07) is 12.3. The smallest absolute Gasteiger partial charge is 0.140 e. The standard InChI is InChI=1S/C16H13ClFN3/c1-10(11-4-2-5-12(17)8-11)21-16-15-13(18)6-3-7-14(15)19-9-20-16/h2-10H,1H3,(H,19,20,21). The highest BCUT2D eigenvalue weighted by molar-refractivity contribution is 6.30. The van der Waals surface area contributed by atoms with Crippen LogP contribution in [-0.4, -0.2) is 9.97 Å². The van der Waals surface area contributed by atoms with Crippen molar-refractivity contribution in [3.63, 3.8) is 0 Å². The monoisotopic (exact) mass is 301 g/mol. The van der Waals surface area contributed by atoms with Crippen LogP contribution < -0.4 is 5.32 Å². The number of anilines is 1. The number of hydrogen-bond donors (Lipinski definition) is 1. The summed E-state index contributed by atoms with van der Waals surface area (Å²) < 4.78 is 14.0. The van der Waals surface area contributed by atoms with Crippen molar-refractivity contribution < 1.29 is 4.39 Å². The quantitative estimate of drug-likeness (QED) is 0.768. The van der Waals surface area contributed by atoms with Crippen LogP contribution in [0, 0.1) is 5.82 Å². The molecular weight excluding hydrogens is 289 g/mol. The number of nitrogens with one attached hydrogen (secondary N) is 1. The lowest BCUT2D eigenvalue weighted by atomic mass is 10.1. The van der Waals surface area contributed by atoms with Gasteiger partial charge in [0.15, 0.2) is 0 Å². The minimum atomic E-state index is -0.339. The summed E-state index contributed by atoms with van der Waals surface area (Å²) in [5.41, 5.74) is 1.58. The van der Waals surface area contributed by atoms with Crippen LogP contribution in [0.3, 0.4) is 0 Å². The van der Waals surface area contributed by atoms with E-state index in [0.717, 1.165) is 5.56 Å². The molecule has 0 radical (unpaired) electrons. The Bertz CT molecular complexity index is 786. The highest BCUT2D eigenvalue weighted by Gasteiger charge is 2.12. The van der Waals surface area contributed by atoms with E-state index in [9.17, 15) is 4.39 Å². The van der Waals surface area contributed by atoms with Crippen LogP contribution in [0.2, 0.25) is 5.02 Å². The maximum absolute atomic E-state index is 14.0. The van der Waals surface area contributed by atoms with Gasteiger partial charge in [-0.15, -0.1) is 0 Å². The van der Waals surface area contributed by atoms with E-state index in [0.29, 0.717) is 21.7 Å². The fourth-order valence-electron chi connectivity index (χ4n) is 2.24. The van der Waals surface area contributed by atoms with E-state index in [2.05, 4.69) is 15.3 Å². The molecule has 1 heterocycles. The summed E-state index contributed by atoms with van der Waals surface area (Å²) in [4.78, 5) is 8.25.